The Hall–Kier alpha value is -0.980. The van der Waals surface area contributed by atoms with E-state index in [1.165, 1.54) is 6.42 Å². The van der Waals surface area contributed by atoms with Gasteiger partial charge in [0.15, 0.2) is 0 Å². The second-order valence-corrected chi connectivity index (χ2v) is 6.15. The first-order valence-corrected chi connectivity index (χ1v) is 7.81. The Morgan fingerprint density at radius 2 is 1.86 bits per heavy atom. The molecular formula is C15H30N4O2. The maximum atomic E-state index is 5.51. The molecule has 0 bridgehead atoms. The monoisotopic (exact) mass is 298 g/mol. The normalized spacial score (nSPS) is 12.0. The molecule has 0 aliphatic carbocycles. The molecule has 0 aliphatic heterocycles. The molecule has 0 unspecified atom stereocenters. The van der Waals surface area contributed by atoms with E-state index in [1.54, 1.807) is 0 Å². The highest BCUT2D eigenvalue weighted by atomic mass is 16.5. The van der Waals surface area contributed by atoms with Gasteiger partial charge < -0.3 is 14.8 Å². The van der Waals surface area contributed by atoms with Crippen molar-refractivity contribution in [1.82, 2.24) is 20.3 Å². The van der Waals surface area contributed by atoms with E-state index in [1.807, 2.05) is 10.9 Å². The Morgan fingerprint density at radius 3 is 2.52 bits per heavy atom. The minimum absolute atomic E-state index is 0.0880. The molecule has 6 heteroatoms. The Kier molecular flexibility index (Phi) is 8.49. The molecule has 1 heterocycles. The summed E-state index contributed by atoms with van der Waals surface area (Å²) < 4.78 is 12.8. The Balaban J connectivity index is 2.06. The maximum absolute atomic E-state index is 5.51. The number of unbranched alkanes of at least 4 members (excludes halogenated alkanes) is 1. The molecule has 0 saturated carbocycles. The minimum atomic E-state index is 0.0880. The summed E-state index contributed by atoms with van der Waals surface area (Å²) in [4.78, 5) is 0. The van der Waals surface area contributed by atoms with Crippen molar-refractivity contribution in [2.45, 2.75) is 59.2 Å². The quantitative estimate of drug-likeness (QED) is 0.633. The fourth-order valence-electron chi connectivity index (χ4n) is 1.61. The zero-order valence-electron chi connectivity index (χ0n) is 13.9. The van der Waals surface area contributed by atoms with Crippen molar-refractivity contribution in [3.63, 3.8) is 0 Å². The van der Waals surface area contributed by atoms with Gasteiger partial charge in [-0.25, -0.2) is 4.68 Å². The van der Waals surface area contributed by atoms with Crippen molar-refractivity contribution in [3.05, 3.63) is 11.9 Å². The van der Waals surface area contributed by atoms with E-state index in [-0.39, 0.29) is 5.54 Å². The van der Waals surface area contributed by atoms with Crippen molar-refractivity contribution in [2.75, 3.05) is 26.4 Å². The van der Waals surface area contributed by atoms with E-state index < -0.39 is 0 Å². The lowest BCUT2D eigenvalue weighted by Gasteiger charge is -2.19. The highest BCUT2D eigenvalue weighted by molar-refractivity contribution is 4.92. The second kappa shape index (κ2) is 9.87. The molecule has 1 aromatic rings. The number of nitrogens with zero attached hydrogens (tertiary/aromatic N) is 3. The van der Waals surface area contributed by atoms with Gasteiger partial charge in [0.25, 0.3) is 0 Å². The van der Waals surface area contributed by atoms with Crippen LogP contribution in [0, 0.1) is 0 Å². The molecule has 0 radical (unpaired) electrons. The Bertz CT molecular complexity index is 374. The summed E-state index contributed by atoms with van der Waals surface area (Å²) in [7, 11) is 0. The van der Waals surface area contributed by atoms with E-state index >= 15 is 0 Å². The number of aromatic nitrogens is 3. The molecule has 1 N–H and O–H groups in total. The van der Waals surface area contributed by atoms with Crippen LogP contribution >= 0.6 is 0 Å². The zero-order chi connectivity index (χ0) is 15.6. The third-order valence-electron chi connectivity index (χ3n) is 2.86. The van der Waals surface area contributed by atoms with Gasteiger partial charge in [-0.1, -0.05) is 18.6 Å². The van der Waals surface area contributed by atoms with E-state index in [2.05, 4.69) is 43.3 Å². The van der Waals surface area contributed by atoms with Crippen LogP contribution in [0.4, 0.5) is 0 Å². The van der Waals surface area contributed by atoms with E-state index in [4.69, 9.17) is 9.47 Å². The van der Waals surface area contributed by atoms with Gasteiger partial charge in [0.2, 0.25) is 0 Å². The second-order valence-electron chi connectivity index (χ2n) is 6.15. The molecule has 0 saturated heterocycles. The van der Waals surface area contributed by atoms with Crippen LogP contribution in [0.5, 0.6) is 0 Å². The summed E-state index contributed by atoms with van der Waals surface area (Å²) in [5.41, 5.74) is 1.04. The average molecular weight is 298 g/mol. The summed E-state index contributed by atoms with van der Waals surface area (Å²) >= 11 is 0. The van der Waals surface area contributed by atoms with Crippen molar-refractivity contribution in [1.29, 1.82) is 0 Å². The number of ether oxygens (including phenoxy) is 2. The summed E-state index contributed by atoms with van der Waals surface area (Å²) in [6.07, 6.45) is 4.24. The molecule has 0 spiro atoms. The summed E-state index contributed by atoms with van der Waals surface area (Å²) in [6.45, 7) is 12.8. The molecule has 21 heavy (non-hydrogen) atoms. The molecule has 0 fully saturated rings. The molecule has 6 nitrogen and oxygen atoms in total. The molecule has 1 aromatic heterocycles. The lowest BCUT2D eigenvalue weighted by Crippen LogP contribution is -2.35. The van der Waals surface area contributed by atoms with Gasteiger partial charge in [-0.2, -0.15) is 0 Å². The third kappa shape index (κ3) is 9.55. The lowest BCUT2D eigenvalue weighted by molar-refractivity contribution is 0.0429. The summed E-state index contributed by atoms with van der Waals surface area (Å²) in [5.74, 6) is 0. The topological polar surface area (TPSA) is 61.2 Å². The standard InChI is InChI=1S/C15H30N4O2/c1-5-6-8-20-10-11-21-9-7-19-13-14(17-18-19)12-16-15(2,3)4/h13,16H,5-12H2,1-4H3. The van der Waals surface area contributed by atoms with Crippen LogP contribution in [0.1, 0.15) is 46.2 Å². The van der Waals surface area contributed by atoms with Gasteiger partial charge >= 0.3 is 0 Å². The van der Waals surface area contributed by atoms with Crippen molar-refractivity contribution >= 4 is 0 Å². The molecule has 0 amide bonds. The SMILES string of the molecule is CCCCOCCOCCn1cc(CNC(C)(C)C)nn1. The van der Waals surface area contributed by atoms with Crippen LogP contribution in [0.3, 0.4) is 0 Å². The predicted octanol–water partition coefficient (Wildman–Crippen LogP) is 2.00. The highest BCUT2D eigenvalue weighted by Crippen LogP contribution is 2.01. The summed E-state index contributed by atoms with van der Waals surface area (Å²) in [6, 6.07) is 0. The van der Waals surface area contributed by atoms with Crippen LogP contribution in [-0.4, -0.2) is 47.0 Å². The van der Waals surface area contributed by atoms with Crippen LogP contribution in [-0.2, 0) is 22.6 Å². The van der Waals surface area contributed by atoms with Crippen LogP contribution in [0.25, 0.3) is 0 Å². The van der Waals surface area contributed by atoms with Crippen LogP contribution < -0.4 is 5.32 Å². The first-order chi connectivity index (χ1) is 10.0. The van der Waals surface area contributed by atoms with Crippen molar-refractivity contribution in [2.24, 2.45) is 0 Å². The fourth-order valence-corrected chi connectivity index (χ4v) is 1.61. The molecular weight excluding hydrogens is 268 g/mol. The molecule has 1 rings (SSSR count). The van der Waals surface area contributed by atoms with Gasteiger partial charge in [0.1, 0.15) is 0 Å². The van der Waals surface area contributed by atoms with E-state index in [9.17, 15) is 0 Å². The average Bonchev–Trinajstić information content (AvgIpc) is 2.87. The molecule has 0 aliphatic rings. The third-order valence-corrected chi connectivity index (χ3v) is 2.86. The molecule has 0 atom stereocenters. The molecule has 0 aromatic carbocycles. The van der Waals surface area contributed by atoms with Crippen LogP contribution in [0.2, 0.25) is 0 Å². The van der Waals surface area contributed by atoms with Gasteiger partial charge in [-0.05, 0) is 27.2 Å². The van der Waals surface area contributed by atoms with Gasteiger partial charge in [-0.3, -0.25) is 0 Å². The lowest BCUT2D eigenvalue weighted by atomic mass is 10.1. The smallest absolute Gasteiger partial charge is 0.0965 e. The van der Waals surface area contributed by atoms with E-state index in [0.29, 0.717) is 19.8 Å². The number of nitrogens with one attached hydrogen (secondary N) is 1. The van der Waals surface area contributed by atoms with Crippen molar-refractivity contribution in [3.8, 4) is 0 Å². The Morgan fingerprint density at radius 1 is 1.14 bits per heavy atom. The fraction of sp³-hybridized carbons (Fsp3) is 0.867. The van der Waals surface area contributed by atoms with Gasteiger partial charge in [-0.15, -0.1) is 5.10 Å². The number of hydrogen-bond donors (Lipinski definition) is 1. The van der Waals surface area contributed by atoms with E-state index in [0.717, 1.165) is 31.8 Å². The first kappa shape index (κ1) is 18.1. The minimum Gasteiger partial charge on any atom is -0.379 e. The molecule has 122 valence electrons. The first-order valence-electron chi connectivity index (χ1n) is 7.81. The predicted molar refractivity (Wildman–Crippen MR) is 83.2 cm³/mol. The Labute approximate surface area is 128 Å². The van der Waals surface area contributed by atoms with Crippen LogP contribution in [0.15, 0.2) is 6.20 Å². The van der Waals surface area contributed by atoms with Gasteiger partial charge in [0, 0.05) is 24.9 Å². The zero-order valence-corrected chi connectivity index (χ0v) is 13.9. The number of hydrogen-bond acceptors (Lipinski definition) is 5. The maximum Gasteiger partial charge on any atom is 0.0965 e. The number of rotatable bonds is 11. The largest absolute Gasteiger partial charge is 0.379 e. The summed E-state index contributed by atoms with van der Waals surface area (Å²) in [5, 5.41) is 11.6. The van der Waals surface area contributed by atoms with Crippen molar-refractivity contribution < 1.29 is 9.47 Å². The van der Waals surface area contributed by atoms with Gasteiger partial charge in [0.05, 0.1) is 32.1 Å². The highest BCUT2D eigenvalue weighted by Gasteiger charge is 2.09.